The van der Waals surface area contributed by atoms with Crippen LogP contribution in [0.5, 0.6) is 0 Å². The number of halogens is 2. The van der Waals surface area contributed by atoms with E-state index >= 15 is 0 Å². The van der Waals surface area contributed by atoms with E-state index in [1.54, 1.807) is 12.1 Å². The molecule has 0 radical (unpaired) electrons. The molecule has 0 aromatic heterocycles. The first-order valence-electron chi connectivity index (χ1n) is 10.9. The Hall–Kier alpha value is -1.31. The molecule has 2 saturated heterocycles. The summed E-state index contributed by atoms with van der Waals surface area (Å²) in [6.45, 7) is 4.11. The van der Waals surface area contributed by atoms with Gasteiger partial charge in [-0.05, 0) is 25.0 Å². The number of carbonyl (C=O) groups is 1. The molecule has 3 rings (SSSR count). The van der Waals surface area contributed by atoms with Gasteiger partial charge in [-0.1, -0.05) is 26.0 Å². The zero-order valence-corrected chi connectivity index (χ0v) is 19.8. The first-order chi connectivity index (χ1) is 14.5. The van der Waals surface area contributed by atoms with Gasteiger partial charge in [0.25, 0.3) is 5.92 Å². The van der Waals surface area contributed by atoms with Crippen LogP contribution in [0.3, 0.4) is 0 Å². The Bertz CT molecular complexity index is 935. The average Bonchev–Trinajstić information content (AvgIpc) is 2.78. The molecule has 2 aliphatic heterocycles. The summed E-state index contributed by atoms with van der Waals surface area (Å²) in [5.41, 5.74) is 0. The largest absolute Gasteiger partial charge is 0.342 e. The predicted molar refractivity (Wildman–Crippen MR) is 117 cm³/mol. The summed E-state index contributed by atoms with van der Waals surface area (Å²) in [6, 6.07) is 6.23. The number of likely N-dealkylation sites (tertiary alicyclic amines) is 1. The van der Waals surface area contributed by atoms with Crippen molar-refractivity contribution in [3.8, 4) is 0 Å². The lowest BCUT2D eigenvalue weighted by molar-refractivity contribution is -0.142. The van der Waals surface area contributed by atoms with E-state index in [0.717, 1.165) is 0 Å². The van der Waals surface area contributed by atoms with Crippen LogP contribution >= 0.6 is 7.14 Å². The van der Waals surface area contributed by atoms with E-state index in [2.05, 4.69) is 0 Å². The molecule has 0 unspecified atom stereocenters. The number of sulfonamides is 1. The maximum absolute atomic E-state index is 13.4. The van der Waals surface area contributed by atoms with Gasteiger partial charge in [0, 0.05) is 56.6 Å². The van der Waals surface area contributed by atoms with Crippen LogP contribution in [0.1, 0.15) is 39.5 Å². The minimum atomic E-state index is -3.80. The smallest absolute Gasteiger partial charge is 0.251 e. The van der Waals surface area contributed by atoms with Gasteiger partial charge in [0.1, 0.15) is 7.14 Å². The first kappa shape index (κ1) is 24.3. The van der Waals surface area contributed by atoms with Crippen molar-refractivity contribution in [3.05, 3.63) is 24.3 Å². The van der Waals surface area contributed by atoms with Gasteiger partial charge in [-0.25, -0.2) is 17.2 Å². The third kappa shape index (κ3) is 5.20. The normalized spacial score (nSPS) is 23.0. The van der Waals surface area contributed by atoms with Crippen LogP contribution < -0.4 is 5.30 Å². The lowest BCUT2D eigenvalue weighted by Gasteiger charge is -2.37. The molecule has 2 aliphatic rings. The number of nitrogens with zero attached hydrogens (tertiary/aromatic N) is 2. The third-order valence-corrected chi connectivity index (χ3v) is 11.7. The highest BCUT2D eigenvalue weighted by Gasteiger charge is 2.39. The van der Waals surface area contributed by atoms with Gasteiger partial charge in [-0.15, -0.1) is 0 Å². The molecule has 2 heterocycles. The standard InChI is InChI=1S/C21H31F2N2O4PS/c1-3-30(27,4-2)18-7-9-19(10-8-18)31(28,29)25-13-5-6-17(16-25)20(26)24-14-11-21(22,23)12-15-24/h7-10,17H,3-6,11-16H2,1-2H3/t17-/m1/s1. The van der Waals surface area contributed by atoms with Gasteiger partial charge in [-0.3, -0.25) is 4.79 Å². The second-order valence-corrected chi connectivity index (χ2v) is 13.9. The predicted octanol–water partition coefficient (Wildman–Crippen LogP) is 3.37. The fourth-order valence-corrected chi connectivity index (χ4v) is 7.70. The Morgan fingerprint density at radius 1 is 1.10 bits per heavy atom. The molecule has 0 aliphatic carbocycles. The van der Waals surface area contributed by atoms with E-state index < -0.39 is 29.0 Å². The molecule has 1 aromatic rings. The van der Waals surface area contributed by atoms with Crippen LogP contribution in [0.4, 0.5) is 8.78 Å². The van der Waals surface area contributed by atoms with Crippen molar-refractivity contribution in [1.82, 2.24) is 9.21 Å². The minimum absolute atomic E-state index is 0.00542. The maximum atomic E-state index is 13.4. The number of alkyl halides is 2. The van der Waals surface area contributed by atoms with E-state index in [-0.39, 0.29) is 43.3 Å². The number of hydrogen-bond donors (Lipinski definition) is 0. The maximum Gasteiger partial charge on any atom is 0.251 e. The van der Waals surface area contributed by atoms with Crippen LogP contribution in [0.2, 0.25) is 0 Å². The van der Waals surface area contributed by atoms with E-state index in [0.29, 0.717) is 37.0 Å². The Labute approximate surface area is 183 Å². The van der Waals surface area contributed by atoms with Crippen LogP contribution in [-0.2, 0) is 19.4 Å². The number of piperidine rings is 2. The first-order valence-corrected chi connectivity index (χ1v) is 14.4. The highest BCUT2D eigenvalue weighted by atomic mass is 32.2. The molecule has 31 heavy (non-hydrogen) atoms. The Kier molecular flexibility index (Phi) is 7.28. The zero-order chi connectivity index (χ0) is 22.9. The topological polar surface area (TPSA) is 74.8 Å². The summed E-state index contributed by atoms with van der Waals surface area (Å²) in [5.74, 6) is -3.49. The molecular formula is C21H31F2N2O4PS. The van der Waals surface area contributed by atoms with E-state index in [1.165, 1.54) is 21.3 Å². The second kappa shape index (κ2) is 9.28. The quantitative estimate of drug-likeness (QED) is 0.590. The number of hydrogen-bond acceptors (Lipinski definition) is 4. The van der Waals surface area contributed by atoms with Crippen molar-refractivity contribution in [2.24, 2.45) is 5.92 Å². The lowest BCUT2D eigenvalue weighted by Crippen LogP contribution is -2.49. The highest BCUT2D eigenvalue weighted by molar-refractivity contribution is 7.89. The van der Waals surface area contributed by atoms with Crippen molar-refractivity contribution in [2.75, 3.05) is 38.5 Å². The summed E-state index contributed by atoms with van der Waals surface area (Å²) in [7, 11) is -6.30. The Morgan fingerprint density at radius 3 is 2.23 bits per heavy atom. The summed E-state index contributed by atoms with van der Waals surface area (Å²) in [4.78, 5) is 14.4. The third-order valence-electron chi connectivity index (χ3n) is 6.51. The molecule has 0 saturated carbocycles. The molecule has 0 N–H and O–H groups in total. The molecule has 1 atom stereocenters. The van der Waals surface area contributed by atoms with E-state index in [9.17, 15) is 26.6 Å². The second-order valence-electron chi connectivity index (χ2n) is 8.40. The SMILES string of the molecule is CCP(=O)(CC)c1ccc(S(=O)(=O)N2CCC[C@@H](C(=O)N3CCC(F)(F)CC3)C2)cc1. The number of benzene rings is 1. The van der Waals surface area contributed by atoms with E-state index in [1.807, 2.05) is 13.8 Å². The van der Waals surface area contributed by atoms with Crippen LogP contribution in [-0.4, -0.2) is 68.0 Å². The van der Waals surface area contributed by atoms with Crippen molar-refractivity contribution in [1.29, 1.82) is 0 Å². The summed E-state index contributed by atoms with van der Waals surface area (Å²) >= 11 is 0. The zero-order valence-electron chi connectivity index (χ0n) is 18.1. The van der Waals surface area contributed by atoms with Crippen LogP contribution in [0.25, 0.3) is 0 Å². The summed E-state index contributed by atoms with van der Waals surface area (Å²) in [5, 5.41) is 0.671. The molecular weight excluding hydrogens is 445 g/mol. The Morgan fingerprint density at radius 2 is 1.68 bits per heavy atom. The molecule has 6 nitrogen and oxygen atoms in total. The van der Waals surface area contributed by atoms with Gasteiger partial charge < -0.3 is 9.46 Å². The van der Waals surface area contributed by atoms with E-state index in [4.69, 9.17) is 0 Å². The fourth-order valence-electron chi connectivity index (χ4n) is 4.30. The van der Waals surface area contributed by atoms with Crippen molar-refractivity contribution < 1.29 is 26.6 Å². The van der Waals surface area contributed by atoms with Crippen molar-refractivity contribution >= 4 is 28.4 Å². The molecule has 2 fully saturated rings. The number of amides is 1. The fraction of sp³-hybridized carbons (Fsp3) is 0.667. The molecule has 174 valence electrons. The highest BCUT2D eigenvalue weighted by Crippen LogP contribution is 2.43. The van der Waals surface area contributed by atoms with Gasteiger partial charge in [-0.2, -0.15) is 4.31 Å². The van der Waals surface area contributed by atoms with Crippen LogP contribution in [0.15, 0.2) is 29.2 Å². The summed E-state index contributed by atoms with van der Waals surface area (Å²) in [6.07, 6.45) is 1.44. The molecule has 1 amide bonds. The van der Waals surface area contributed by atoms with Gasteiger partial charge in [0.05, 0.1) is 10.8 Å². The summed E-state index contributed by atoms with van der Waals surface area (Å²) < 4.78 is 67.3. The van der Waals surface area contributed by atoms with Crippen molar-refractivity contribution in [3.63, 3.8) is 0 Å². The molecule has 0 bridgehead atoms. The molecule has 10 heteroatoms. The van der Waals surface area contributed by atoms with Gasteiger partial charge in [0.15, 0.2) is 0 Å². The Balaban J connectivity index is 1.72. The monoisotopic (exact) mass is 476 g/mol. The minimum Gasteiger partial charge on any atom is -0.342 e. The average molecular weight is 477 g/mol. The van der Waals surface area contributed by atoms with Gasteiger partial charge >= 0.3 is 0 Å². The van der Waals surface area contributed by atoms with Gasteiger partial charge in [0.2, 0.25) is 15.9 Å². The van der Waals surface area contributed by atoms with Crippen LogP contribution in [0, 0.1) is 5.92 Å². The number of rotatable bonds is 6. The molecule has 1 aromatic carbocycles. The van der Waals surface area contributed by atoms with Crippen molar-refractivity contribution in [2.45, 2.75) is 50.3 Å². The molecule has 0 spiro atoms. The lowest BCUT2D eigenvalue weighted by atomic mass is 9.96. The number of carbonyl (C=O) groups excluding carboxylic acids is 1.